The van der Waals surface area contributed by atoms with Gasteiger partial charge >= 0.3 is 63.3 Å². The van der Waals surface area contributed by atoms with Crippen molar-refractivity contribution in [3.05, 3.63) is 0 Å². The molecule has 6 nitrogen and oxygen atoms in total. The van der Waals surface area contributed by atoms with Crippen LogP contribution in [0.3, 0.4) is 0 Å². The standard InChI is InChI=1S/C7H12O6.K.H/c8-4-6(10)12-2-1-3-13-7(11)5-9;;/h8-9H,1-5H2;;/q;+1;-1. The average Bonchev–Trinajstić information content (AvgIpc) is 2.16. The summed E-state index contributed by atoms with van der Waals surface area (Å²) in [6.45, 7) is -1.15. The summed E-state index contributed by atoms with van der Waals surface area (Å²) in [6.07, 6.45) is 0.345. The summed E-state index contributed by atoms with van der Waals surface area (Å²) in [4.78, 5) is 20.7. The Morgan fingerprint density at radius 2 is 1.36 bits per heavy atom. The van der Waals surface area contributed by atoms with Crippen LogP contribution in [0.25, 0.3) is 0 Å². The molecule has 0 unspecified atom stereocenters. The molecule has 78 valence electrons. The number of hydrogen-bond acceptors (Lipinski definition) is 6. The zero-order valence-electron chi connectivity index (χ0n) is 9.06. The van der Waals surface area contributed by atoms with Gasteiger partial charge in [0, 0.05) is 6.42 Å². The van der Waals surface area contributed by atoms with Gasteiger partial charge in [-0.05, 0) is 0 Å². The molecule has 0 radical (unpaired) electrons. The van der Waals surface area contributed by atoms with E-state index in [4.69, 9.17) is 10.2 Å². The predicted octanol–water partition coefficient (Wildman–Crippen LogP) is -4.44. The Labute approximate surface area is 125 Å². The molecule has 0 aliphatic carbocycles. The van der Waals surface area contributed by atoms with E-state index in [0.717, 1.165) is 0 Å². The molecule has 0 saturated carbocycles. The summed E-state index contributed by atoms with van der Waals surface area (Å²) in [6, 6.07) is 0. The number of hydrogen-bond donors (Lipinski definition) is 2. The fourth-order valence-electron chi connectivity index (χ4n) is 0.522. The summed E-state index contributed by atoms with van der Waals surface area (Å²) in [7, 11) is 0. The number of ether oxygens (including phenoxy) is 2. The minimum absolute atomic E-state index is 0. The van der Waals surface area contributed by atoms with E-state index in [-0.39, 0.29) is 66.0 Å². The van der Waals surface area contributed by atoms with Crippen LogP contribution >= 0.6 is 0 Å². The van der Waals surface area contributed by atoms with Gasteiger partial charge in [0.05, 0.1) is 13.2 Å². The quantitative estimate of drug-likeness (QED) is 0.273. The fourth-order valence-corrected chi connectivity index (χ4v) is 0.522. The molecule has 2 N–H and O–H groups in total. The van der Waals surface area contributed by atoms with Crippen LogP contribution in [-0.2, 0) is 19.1 Å². The van der Waals surface area contributed by atoms with Crippen molar-refractivity contribution in [2.24, 2.45) is 0 Å². The Hall–Kier alpha value is 0.496. The second-order valence-electron chi connectivity index (χ2n) is 2.11. The zero-order chi connectivity index (χ0) is 10.1. The minimum Gasteiger partial charge on any atom is -1.00 e. The average molecular weight is 232 g/mol. The Kier molecular flexibility index (Phi) is 14.0. The van der Waals surface area contributed by atoms with Crippen molar-refractivity contribution in [2.75, 3.05) is 26.4 Å². The number of carbonyl (C=O) groups is 2. The molecular formula is C7H13KO6. The van der Waals surface area contributed by atoms with Crippen molar-refractivity contribution >= 4 is 11.9 Å². The van der Waals surface area contributed by atoms with Crippen LogP contribution in [0.4, 0.5) is 0 Å². The molecule has 0 atom stereocenters. The molecule has 0 aliphatic rings. The monoisotopic (exact) mass is 232 g/mol. The van der Waals surface area contributed by atoms with Crippen molar-refractivity contribution < 1.29 is 82.1 Å². The summed E-state index contributed by atoms with van der Waals surface area (Å²) in [5, 5.41) is 16.4. The molecule has 0 spiro atoms. The Morgan fingerprint density at radius 3 is 1.64 bits per heavy atom. The first kappa shape index (κ1) is 16.9. The maximum absolute atomic E-state index is 10.3. The van der Waals surface area contributed by atoms with E-state index >= 15 is 0 Å². The smallest absolute Gasteiger partial charge is 1.00 e. The van der Waals surface area contributed by atoms with Crippen LogP contribution in [0, 0.1) is 0 Å². The third-order valence-corrected chi connectivity index (χ3v) is 1.07. The van der Waals surface area contributed by atoms with Gasteiger partial charge in [-0.3, -0.25) is 0 Å². The second-order valence-corrected chi connectivity index (χ2v) is 2.11. The van der Waals surface area contributed by atoms with Crippen LogP contribution in [0.1, 0.15) is 7.85 Å². The van der Waals surface area contributed by atoms with Gasteiger partial charge in [0.1, 0.15) is 13.2 Å². The molecule has 0 aromatic heterocycles. The van der Waals surface area contributed by atoms with Crippen LogP contribution in [0.15, 0.2) is 0 Å². The molecular weight excluding hydrogens is 219 g/mol. The first-order valence-electron chi connectivity index (χ1n) is 3.73. The van der Waals surface area contributed by atoms with E-state index in [2.05, 4.69) is 9.47 Å². The van der Waals surface area contributed by atoms with Crippen molar-refractivity contribution in [3.8, 4) is 0 Å². The normalized spacial score (nSPS) is 8.71. The molecule has 0 fully saturated rings. The van der Waals surface area contributed by atoms with E-state index in [1.165, 1.54) is 0 Å². The summed E-state index contributed by atoms with van der Waals surface area (Å²) in [5.41, 5.74) is 0. The molecule has 7 heteroatoms. The van der Waals surface area contributed by atoms with Crippen LogP contribution < -0.4 is 51.4 Å². The third kappa shape index (κ3) is 10.6. The van der Waals surface area contributed by atoms with E-state index in [1.54, 1.807) is 0 Å². The molecule has 0 heterocycles. The van der Waals surface area contributed by atoms with Gasteiger partial charge in [-0.25, -0.2) is 9.59 Å². The summed E-state index contributed by atoms with van der Waals surface area (Å²) >= 11 is 0. The van der Waals surface area contributed by atoms with E-state index in [1.807, 2.05) is 0 Å². The number of aliphatic hydroxyl groups excluding tert-OH is 2. The molecule has 0 saturated heterocycles. The van der Waals surface area contributed by atoms with Gasteiger partial charge < -0.3 is 21.1 Å². The van der Waals surface area contributed by atoms with Crippen molar-refractivity contribution in [2.45, 2.75) is 6.42 Å². The Balaban J connectivity index is -0.000000720. The van der Waals surface area contributed by atoms with Crippen LogP contribution in [0.5, 0.6) is 0 Å². The molecule has 0 aromatic carbocycles. The van der Waals surface area contributed by atoms with Gasteiger partial charge in [-0.15, -0.1) is 0 Å². The number of aliphatic hydroxyl groups is 2. The van der Waals surface area contributed by atoms with E-state index in [9.17, 15) is 9.59 Å². The van der Waals surface area contributed by atoms with Crippen molar-refractivity contribution in [3.63, 3.8) is 0 Å². The number of esters is 2. The molecule has 14 heavy (non-hydrogen) atoms. The molecule has 0 aromatic rings. The van der Waals surface area contributed by atoms with Gasteiger partial charge in [-0.2, -0.15) is 0 Å². The maximum Gasteiger partial charge on any atom is 1.00 e. The van der Waals surface area contributed by atoms with Gasteiger partial charge in [-0.1, -0.05) is 0 Å². The molecule has 0 bridgehead atoms. The van der Waals surface area contributed by atoms with Crippen LogP contribution in [-0.4, -0.2) is 48.6 Å². The Morgan fingerprint density at radius 1 is 1.00 bits per heavy atom. The predicted molar refractivity (Wildman–Crippen MR) is 41.8 cm³/mol. The van der Waals surface area contributed by atoms with Gasteiger partial charge in [0.15, 0.2) is 0 Å². The summed E-state index contributed by atoms with van der Waals surface area (Å²) in [5.74, 6) is -1.43. The number of carbonyl (C=O) groups excluding carboxylic acids is 2. The van der Waals surface area contributed by atoms with Crippen LogP contribution in [0.2, 0.25) is 0 Å². The van der Waals surface area contributed by atoms with Gasteiger partial charge in [0.25, 0.3) is 0 Å². The van der Waals surface area contributed by atoms with Gasteiger partial charge in [0.2, 0.25) is 0 Å². The molecule has 0 amide bonds. The Bertz CT molecular complexity index is 159. The van der Waals surface area contributed by atoms with Crippen molar-refractivity contribution in [1.29, 1.82) is 0 Å². The first-order valence-corrected chi connectivity index (χ1v) is 3.73. The third-order valence-electron chi connectivity index (χ3n) is 1.07. The summed E-state index contributed by atoms with van der Waals surface area (Å²) < 4.78 is 8.93. The maximum atomic E-state index is 10.3. The minimum atomic E-state index is -0.714. The topological polar surface area (TPSA) is 93.1 Å². The first-order chi connectivity index (χ1) is 6.20. The van der Waals surface area contributed by atoms with E-state index < -0.39 is 25.2 Å². The second kappa shape index (κ2) is 11.6. The van der Waals surface area contributed by atoms with Crippen molar-refractivity contribution in [1.82, 2.24) is 0 Å². The SMILES string of the molecule is O=C(CO)OCCCOC(=O)CO.[H-].[K+]. The molecule has 0 aliphatic heterocycles. The largest absolute Gasteiger partial charge is 1.00 e. The van der Waals surface area contributed by atoms with E-state index in [0.29, 0.717) is 6.42 Å². The molecule has 0 rings (SSSR count). The zero-order valence-corrected chi connectivity index (χ0v) is 11.2. The fraction of sp³-hybridized carbons (Fsp3) is 0.714. The number of rotatable bonds is 6.